The Bertz CT molecular complexity index is 933. The summed E-state index contributed by atoms with van der Waals surface area (Å²) in [4.78, 5) is 17.2. The Morgan fingerprint density at radius 1 is 1.07 bits per heavy atom. The predicted molar refractivity (Wildman–Crippen MR) is 118 cm³/mol. The standard InChI is InChI=1S/C24H31N3O2/c1-3-4-5-8-17-27-22-14-7-6-13-21(22)26-23(27)15-10-16-25-24(28)19-11-9-12-20(18-19)29-2/h6-7,9,11-14,18H,3-5,8,10,15-17H2,1-2H3,(H,25,28). The topological polar surface area (TPSA) is 56.2 Å². The van der Waals surface area contributed by atoms with Gasteiger partial charge in [-0.2, -0.15) is 0 Å². The summed E-state index contributed by atoms with van der Waals surface area (Å²) in [6, 6.07) is 15.6. The van der Waals surface area contributed by atoms with Crippen molar-refractivity contribution in [3.8, 4) is 5.75 Å². The summed E-state index contributed by atoms with van der Waals surface area (Å²) >= 11 is 0. The number of benzene rings is 2. The van der Waals surface area contributed by atoms with Crippen LogP contribution in [0.1, 0.15) is 55.2 Å². The van der Waals surface area contributed by atoms with Crippen LogP contribution in [-0.2, 0) is 13.0 Å². The maximum absolute atomic E-state index is 12.3. The fraction of sp³-hybridized carbons (Fsp3) is 0.417. The Labute approximate surface area is 173 Å². The van der Waals surface area contributed by atoms with Crippen LogP contribution in [-0.4, -0.2) is 29.1 Å². The number of nitrogens with one attached hydrogen (secondary N) is 1. The van der Waals surface area contributed by atoms with Crippen LogP contribution >= 0.6 is 0 Å². The highest BCUT2D eigenvalue weighted by Gasteiger charge is 2.11. The van der Waals surface area contributed by atoms with Gasteiger partial charge in [0.1, 0.15) is 11.6 Å². The summed E-state index contributed by atoms with van der Waals surface area (Å²) in [6.45, 7) is 3.86. The third-order valence-corrected chi connectivity index (χ3v) is 5.16. The first-order valence-electron chi connectivity index (χ1n) is 10.6. The van der Waals surface area contributed by atoms with Crippen molar-refractivity contribution in [2.24, 2.45) is 0 Å². The first-order chi connectivity index (χ1) is 14.2. The number of unbranched alkanes of at least 4 members (excludes halogenated alkanes) is 3. The van der Waals surface area contributed by atoms with Gasteiger partial charge in [0.15, 0.2) is 0 Å². The average Bonchev–Trinajstić information content (AvgIpc) is 3.11. The zero-order valence-corrected chi connectivity index (χ0v) is 17.5. The van der Waals surface area contributed by atoms with Gasteiger partial charge in [-0.1, -0.05) is 44.4 Å². The molecule has 1 heterocycles. The van der Waals surface area contributed by atoms with Crippen molar-refractivity contribution in [3.05, 3.63) is 59.9 Å². The van der Waals surface area contributed by atoms with Crippen LogP contribution in [0.15, 0.2) is 48.5 Å². The summed E-state index contributed by atoms with van der Waals surface area (Å²) < 4.78 is 7.54. The van der Waals surface area contributed by atoms with Crippen molar-refractivity contribution in [3.63, 3.8) is 0 Å². The number of methoxy groups -OCH3 is 1. The Hall–Kier alpha value is -2.82. The monoisotopic (exact) mass is 393 g/mol. The summed E-state index contributed by atoms with van der Waals surface area (Å²) in [5.74, 6) is 1.73. The van der Waals surface area contributed by atoms with Crippen LogP contribution < -0.4 is 10.1 Å². The van der Waals surface area contributed by atoms with E-state index < -0.39 is 0 Å². The molecule has 2 aromatic carbocycles. The molecule has 1 N–H and O–H groups in total. The number of aryl methyl sites for hydroxylation is 2. The van der Waals surface area contributed by atoms with E-state index in [1.54, 1.807) is 19.2 Å². The number of nitrogens with zero attached hydrogens (tertiary/aromatic N) is 2. The van der Waals surface area contributed by atoms with Crippen LogP contribution in [0.25, 0.3) is 11.0 Å². The number of hydrogen-bond acceptors (Lipinski definition) is 3. The molecule has 29 heavy (non-hydrogen) atoms. The molecular weight excluding hydrogens is 362 g/mol. The van der Waals surface area contributed by atoms with Crippen LogP contribution in [0.5, 0.6) is 5.75 Å². The fourth-order valence-corrected chi connectivity index (χ4v) is 3.58. The molecule has 0 aliphatic carbocycles. The van der Waals surface area contributed by atoms with Crippen molar-refractivity contribution >= 4 is 16.9 Å². The normalized spacial score (nSPS) is 11.0. The molecule has 1 aromatic heterocycles. The molecule has 0 aliphatic heterocycles. The van der Waals surface area contributed by atoms with E-state index in [1.807, 2.05) is 18.2 Å². The average molecular weight is 394 g/mol. The van der Waals surface area contributed by atoms with Gasteiger partial charge in [-0.05, 0) is 43.2 Å². The predicted octanol–water partition coefficient (Wildman–Crippen LogP) is 4.99. The van der Waals surface area contributed by atoms with Crippen molar-refractivity contribution in [2.75, 3.05) is 13.7 Å². The first kappa shape index (κ1) is 20.9. The van der Waals surface area contributed by atoms with E-state index in [1.165, 1.54) is 31.2 Å². The fourth-order valence-electron chi connectivity index (χ4n) is 3.58. The highest BCUT2D eigenvalue weighted by Crippen LogP contribution is 2.18. The summed E-state index contributed by atoms with van der Waals surface area (Å²) in [5.41, 5.74) is 2.88. The van der Waals surface area contributed by atoms with Gasteiger partial charge >= 0.3 is 0 Å². The number of imidazole rings is 1. The van der Waals surface area contributed by atoms with Crippen molar-refractivity contribution in [1.82, 2.24) is 14.9 Å². The van der Waals surface area contributed by atoms with E-state index in [0.717, 1.165) is 30.7 Å². The molecule has 3 rings (SSSR count). The summed E-state index contributed by atoms with van der Waals surface area (Å²) in [5, 5.41) is 3.00. The van der Waals surface area contributed by atoms with Gasteiger partial charge in [0.05, 0.1) is 18.1 Å². The molecule has 0 bridgehead atoms. The van der Waals surface area contributed by atoms with Gasteiger partial charge < -0.3 is 14.6 Å². The number of ether oxygens (including phenoxy) is 1. The van der Waals surface area contributed by atoms with Crippen LogP contribution in [0.3, 0.4) is 0 Å². The molecule has 5 heteroatoms. The number of amides is 1. The zero-order valence-electron chi connectivity index (χ0n) is 17.5. The van der Waals surface area contributed by atoms with Gasteiger partial charge in [-0.15, -0.1) is 0 Å². The minimum absolute atomic E-state index is 0.0723. The van der Waals surface area contributed by atoms with E-state index in [-0.39, 0.29) is 5.91 Å². The van der Waals surface area contributed by atoms with Crippen LogP contribution in [0.4, 0.5) is 0 Å². The zero-order chi connectivity index (χ0) is 20.5. The Morgan fingerprint density at radius 3 is 2.76 bits per heavy atom. The number of carbonyl (C=O) groups is 1. The Morgan fingerprint density at radius 2 is 1.93 bits per heavy atom. The summed E-state index contributed by atoms with van der Waals surface area (Å²) in [7, 11) is 1.60. The Kier molecular flexibility index (Phi) is 7.68. The van der Waals surface area contributed by atoms with Gasteiger partial charge in [-0.3, -0.25) is 4.79 Å². The summed E-state index contributed by atoms with van der Waals surface area (Å²) in [6.07, 6.45) is 6.64. The van der Waals surface area contributed by atoms with Gasteiger partial charge in [0, 0.05) is 25.1 Å². The molecule has 5 nitrogen and oxygen atoms in total. The third kappa shape index (κ3) is 5.59. The van der Waals surface area contributed by atoms with Gasteiger partial charge in [-0.25, -0.2) is 4.98 Å². The van der Waals surface area contributed by atoms with Crippen molar-refractivity contribution < 1.29 is 9.53 Å². The quantitative estimate of drug-likeness (QED) is 0.467. The third-order valence-electron chi connectivity index (χ3n) is 5.16. The SMILES string of the molecule is CCCCCCn1c(CCCNC(=O)c2cccc(OC)c2)nc2ccccc21. The minimum Gasteiger partial charge on any atom is -0.497 e. The highest BCUT2D eigenvalue weighted by molar-refractivity contribution is 5.94. The lowest BCUT2D eigenvalue weighted by molar-refractivity contribution is 0.0953. The van der Waals surface area contributed by atoms with Crippen LogP contribution in [0, 0.1) is 0 Å². The number of hydrogen-bond donors (Lipinski definition) is 1. The van der Waals surface area contributed by atoms with E-state index in [9.17, 15) is 4.79 Å². The lowest BCUT2D eigenvalue weighted by Crippen LogP contribution is -2.25. The number of carbonyl (C=O) groups excluding carboxylic acids is 1. The molecule has 3 aromatic rings. The molecule has 0 spiro atoms. The van der Waals surface area contributed by atoms with Gasteiger partial charge in [0.2, 0.25) is 0 Å². The van der Waals surface area contributed by atoms with Crippen LogP contribution in [0.2, 0.25) is 0 Å². The smallest absolute Gasteiger partial charge is 0.251 e. The lowest BCUT2D eigenvalue weighted by atomic mass is 10.2. The molecule has 0 radical (unpaired) electrons. The second-order valence-corrected chi connectivity index (χ2v) is 7.32. The van der Waals surface area contributed by atoms with Gasteiger partial charge in [0.25, 0.3) is 5.91 Å². The van der Waals surface area contributed by atoms with E-state index >= 15 is 0 Å². The maximum Gasteiger partial charge on any atom is 0.251 e. The molecule has 0 aliphatic rings. The molecule has 154 valence electrons. The molecule has 0 unspecified atom stereocenters. The molecule has 1 amide bonds. The molecule has 0 fully saturated rings. The Balaban J connectivity index is 1.57. The number of aromatic nitrogens is 2. The highest BCUT2D eigenvalue weighted by atomic mass is 16.5. The second kappa shape index (κ2) is 10.6. The van der Waals surface area contributed by atoms with E-state index in [2.05, 4.69) is 35.0 Å². The molecular formula is C24H31N3O2. The lowest BCUT2D eigenvalue weighted by Gasteiger charge is -2.10. The first-order valence-corrected chi connectivity index (χ1v) is 10.6. The number of para-hydroxylation sites is 2. The van der Waals surface area contributed by atoms with E-state index in [4.69, 9.17) is 9.72 Å². The minimum atomic E-state index is -0.0723. The molecule has 0 atom stereocenters. The largest absolute Gasteiger partial charge is 0.497 e. The molecule has 0 saturated heterocycles. The maximum atomic E-state index is 12.3. The number of fused-ring (bicyclic) bond motifs is 1. The number of rotatable bonds is 11. The second-order valence-electron chi connectivity index (χ2n) is 7.32. The van der Waals surface area contributed by atoms with Crippen molar-refractivity contribution in [2.45, 2.75) is 52.0 Å². The molecule has 0 saturated carbocycles. The van der Waals surface area contributed by atoms with E-state index in [0.29, 0.717) is 17.9 Å². The van der Waals surface area contributed by atoms with Crippen molar-refractivity contribution in [1.29, 1.82) is 0 Å².